The average Bonchev–Trinajstić information content (AvgIpc) is 2.40. The van der Waals surface area contributed by atoms with Gasteiger partial charge in [0, 0.05) is 38.1 Å². The summed E-state index contributed by atoms with van der Waals surface area (Å²) in [6, 6.07) is 0. The summed E-state index contributed by atoms with van der Waals surface area (Å²) in [5.41, 5.74) is -0.246. The van der Waals surface area contributed by atoms with E-state index in [0.717, 1.165) is 38.5 Å². The van der Waals surface area contributed by atoms with Crippen molar-refractivity contribution in [3.63, 3.8) is 0 Å². The molecule has 116 valence electrons. The molecule has 3 nitrogen and oxygen atoms in total. The van der Waals surface area contributed by atoms with E-state index in [9.17, 15) is 18.0 Å². The van der Waals surface area contributed by atoms with Crippen LogP contribution in [-0.4, -0.2) is 61.5 Å². The zero-order valence-corrected chi connectivity index (χ0v) is 11.8. The van der Waals surface area contributed by atoms with Crippen molar-refractivity contribution in [2.75, 3.05) is 39.3 Å². The van der Waals surface area contributed by atoms with Gasteiger partial charge in [-0.1, -0.05) is 19.3 Å². The van der Waals surface area contributed by atoms with Crippen LogP contribution in [0.25, 0.3) is 0 Å². The number of alkyl halides is 3. The van der Waals surface area contributed by atoms with Crippen molar-refractivity contribution in [3.05, 3.63) is 0 Å². The summed E-state index contributed by atoms with van der Waals surface area (Å²) in [6.45, 7) is 2.04. The van der Waals surface area contributed by atoms with Gasteiger partial charge in [-0.25, -0.2) is 0 Å². The zero-order valence-electron chi connectivity index (χ0n) is 11.8. The number of nitrogens with zero attached hydrogens (tertiary/aromatic N) is 2. The summed E-state index contributed by atoms with van der Waals surface area (Å²) in [5.74, 6) is 0. The molecule has 0 N–H and O–H groups in total. The molecular weight excluding hydrogens is 269 g/mol. The fourth-order valence-electron chi connectivity index (χ4n) is 3.37. The standard InChI is InChI=1S/C14H23F3N2O/c15-14(16,17)11-19-8-6-18(7-9-19)10-13(12-20)4-2-1-3-5-13/h12H,1-11H2. The summed E-state index contributed by atoms with van der Waals surface area (Å²) < 4.78 is 37.0. The first-order chi connectivity index (χ1) is 9.42. The number of hydrogen-bond acceptors (Lipinski definition) is 3. The fraction of sp³-hybridized carbons (Fsp3) is 0.929. The molecule has 1 saturated carbocycles. The maximum Gasteiger partial charge on any atom is 0.401 e. The SMILES string of the molecule is O=CC1(CN2CCN(CC(F)(F)F)CC2)CCCCC1. The predicted molar refractivity (Wildman–Crippen MR) is 70.5 cm³/mol. The Morgan fingerprint density at radius 3 is 2.00 bits per heavy atom. The van der Waals surface area contributed by atoms with Crippen LogP contribution in [0, 0.1) is 5.41 Å². The van der Waals surface area contributed by atoms with Crippen LogP contribution in [0.3, 0.4) is 0 Å². The Kier molecular flexibility index (Phi) is 5.07. The van der Waals surface area contributed by atoms with Gasteiger partial charge >= 0.3 is 6.18 Å². The van der Waals surface area contributed by atoms with E-state index in [1.165, 1.54) is 11.3 Å². The highest BCUT2D eigenvalue weighted by Gasteiger charge is 2.36. The Bertz CT molecular complexity index is 319. The lowest BCUT2D eigenvalue weighted by molar-refractivity contribution is -0.149. The van der Waals surface area contributed by atoms with E-state index >= 15 is 0 Å². The normalized spacial score (nSPS) is 25.6. The van der Waals surface area contributed by atoms with E-state index in [2.05, 4.69) is 4.90 Å². The highest BCUT2D eigenvalue weighted by atomic mass is 19.4. The van der Waals surface area contributed by atoms with Gasteiger partial charge in [-0.15, -0.1) is 0 Å². The third kappa shape index (κ3) is 4.45. The predicted octanol–water partition coefficient (Wildman–Crippen LogP) is 2.32. The lowest BCUT2D eigenvalue weighted by atomic mass is 9.75. The monoisotopic (exact) mass is 292 g/mol. The molecular formula is C14H23F3N2O. The van der Waals surface area contributed by atoms with Gasteiger partial charge in [0.2, 0.25) is 0 Å². The third-order valence-corrected chi connectivity index (χ3v) is 4.51. The number of piperazine rings is 1. The molecule has 0 unspecified atom stereocenters. The average molecular weight is 292 g/mol. The number of halogens is 3. The summed E-state index contributed by atoms with van der Waals surface area (Å²) in [5, 5.41) is 0. The molecule has 0 aromatic rings. The molecule has 0 aromatic heterocycles. The molecule has 1 saturated heterocycles. The van der Waals surface area contributed by atoms with Crippen molar-refractivity contribution in [1.82, 2.24) is 9.80 Å². The van der Waals surface area contributed by atoms with Gasteiger partial charge in [0.05, 0.1) is 6.54 Å². The second-order valence-corrected chi connectivity index (χ2v) is 6.21. The van der Waals surface area contributed by atoms with E-state index in [-0.39, 0.29) is 5.41 Å². The Labute approximate surface area is 118 Å². The molecule has 0 bridgehead atoms. The van der Waals surface area contributed by atoms with Crippen LogP contribution >= 0.6 is 0 Å². The summed E-state index contributed by atoms with van der Waals surface area (Å²) in [6.07, 6.45) is 2.21. The van der Waals surface area contributed by atoms with Crippen molar-refractivity contribution >= 4 is 6.29 Å². The quantitative estimate of drug-likeness (QED) is 0.743. The van der Waals surface area contributed by atoms with Crippen LogP contribution in [0.2, 0.25) is 0 Å². The van der Waals surface area contributed by atoms with Crippen LogP contribution in [0.5, 0.6) is 0 Å². The molecule has 1 heterocycles. The largest absolute Gasteiger partial charge is 0.401 e. The molecule has 1 aliphatic carbocycles. The first-order valence-electron chi connectivity index (χ1n) is 7.40. The number of carbonyl (C=O) groups is 1. The van der Waals surface area contributed by atoms with Gasteiger partial charge in [0.1, 0.15) is 6.29 Å². The van der Waals surface area contributed by atoms with Gasteiger partial charge in [-0.3, -0.25) is 9.80 Å². The lowest BCUT2D eigenvalue weighted by Crippen LogP contribution is -2.52. The molecule has 2 aliphatic rings. The Balaban J connectivity index is 1.80. The van der Waals surface area contributed by atoms with Gasteiger partial charge in [-0.2, -0.15) is 13.2 Å². The molecule has 0 spiro atoms. The highest BCUT2D eigenvalue weighted by molar-refractivity contribution is 5.60. The Morgan fingerprint density at radius 2 is 1.50 bits per heavy atom. The fourth-order valence-corrected chi connectivity index (χ4v) is 3.37. The van der Waals surface area contributed by atoms with E-state index in [0.29, 0.717) is 26.2 Å². The first kappa shape index (κ1) is 15.8. The second kappa shape index (κ2) is 6.43. The van der Waals surface area contributed by atoms with Gasteiger partial charge < -0.3 is 4.79 Å². The van der Waals surface area contributed by atoms with Crippen LogP contribution in [-0.2, 0) is 4.79 Å². The van der Waals surface area contributed by atoms with E-state index in [1.807, 2.05) is 0 Å². The van der Waals surface area contributed by atoms with E-state index in [4.69, 9.17) is 0 Å². The maximum absolute atomic E-state index is 12.3. The van der Waals surface area contributed by atoms with Gasteiger partial charge in [0.25, 0.3) is 0 Å². The maximum atomic E-state index is 12.3. The van der Waals surface area contributed by atoms with Crippen molar-refractivity contribution in [1.29, 1.82) is 0 Å². The lowest BCUT2D eigenvalue weighted by Gasteiger charge is -2.41. The minimum Gasteiger partial charge on any atom is -0.303 e. The highest BCUT2D eigenvalue weighted by Crippen LogP contribution is 2.35. The number of rotatable bonds is 4. The second-order valence-electron chi connectivity index (χ2n) is 6.21. The van der Waals surface area contributed by atoms with Crippen molar-refractivity contribution < 1.29 is 18.0 Å². The summed E-state index contributed by atoms with van der Waals surface area (Å²) >= 11 is 0. The number of carbonyl (C=O) groups excluding carboxylic acids is 1. The van der Waals surface area contributed by atoms with Gasteiger partial charge in [-0.05, 0) is 12.8 Å². The molecule has 2 rings (SSSR count). The van der Waals surface area contributed by atoms with Crippen molar-refractivity contribution in [3.8, 4) is 0 Å². The smallest absolute Gasteiger partial charge is 0.303 e. The van der Waals surface area contributed by atoms with Gasteiger partial charge in [0.15, 0.2) is 0 Å². The van der Waals surface area contributed by atoms with Crippen LogP contribution in [0.15, 0.2) is 0 Å². The van der Waals surface area contributed by atoms with E-state index < -0.39 is 12.7 Å². The Morgan fingerprint density at radius 1 is 0.950 bits per heavy atom. The minimum atomic E-state index is -4.12. The molecule has 0 aromatic carbocycles. The summed E-state index contributed by atoms with van der Waals surface area (Å²) in [4.78, 5) is 15.0. The molecule has 0 amide bonds. The third-order valence-electron chi connectivity index (χ3n) is 4.51. The van der Waals surface area contributed by atoms with Crippen LogP contribution in [0.4, 0.5) is 13.2 Å². The van der Waals surface area contributed by atoms with Crippen molar-refractivity contribution in [2.45, 2.75) is 38.3 Å². The number of hydrogen-bond donors (Lipinski definition) is 0. The van der Waals surface area contributed by atoms with Crippen LogP contribution < -0.4 is 0 Å². The molecule has 0 atom stereocenters. The zero-order chi connectivity index (χ0) is 14.6. The topological polar surface area (TPSA) is 23.6 Å². The minimum absolute atomic E-state index is 0.246. The van der Waals surface area contributed by atoms with Crippen molar-refractivity contribution in [2.24, 2.45) is 5.41 Å². The Hall–Kier alpha value is -0.620. The molecule has 6 heteroatoms. The number of aldehydes is 1. The molecule has 2 fully saturated rings. The van der Waals surface area contributed by atoms with Crippen LogP contribution in [0.1, 0.15) is 32.1 Å². The first-order valence-corrected chi connectivity index (χ1v) is 7.40. The van der Waals surface area contributed by atoms with E-state index in [1.54, 1.807) is 0 Å². The summed E-state index contributed by atoms with van der Waals surface area (Å²) in [7, 11) is 0. The molecule has 1 aliphatic heterocycles. The molecule has 0 radical (unpaired) electrons. The molecule has 20 heavy (non-hydrogen) atoms.